The van der Waals surface area contributed by atoms with Crippen LogP contribution in [0.5, 0.6) is 0 Å². The molecule has 6 heteroatoms. The second-order valence-electron chi connectivity index (χ2n) is 6.69. The van der Waals surface area contributed by atoms with Gasteiger partial charge in [-0.1, -0.05) is 30.3 Å². The lowest BCUT2D eigenvalue weighted by Crippen LogP contribution is -2.43. The Morgan fingerprint density at radius 1 is 1.08 bits per heavy atom. The molecule has 3 amide bonds. The molecule has 1 atom stereocenters. The van der Waals surface area contributed by atoms with E-state index in [1.807, 2.05) is 28.0 Å². The van der Waals surface area contributed by atoms with Crippen molar-refractivity contribution in [1.29, 1.82) is 0 Å². The molecule has 0 bridgehead atoms. The van der Waals surface area contributed by atoms with E-state index in [4.69, 9.17) is 4.74 Å². The van der Waals surface area contributed by atoms with Gasteiger partial charge in [-0.25, -0.2) is 4.79 Å². The molecule has 0 saturated carbocycles. The second-order valence-corrected chi connectivity index (χ2v) is 6.69. The summed E-state index contributed by atoms with van der Waals surface area (Å²) in [5, 5.41) is 2.99. The molecule has 1 N–H and O–H groups in total. The molecule has 2 saturated heterocycles. The Morgan fingerprint density at radius 2 is 1.84 bits per heavy atom. The van der Waals surface area contributed by atoms with E-state index in [1.165, 1.54) is 5.56 Å². The summed E-state index contributed by atoms with van der Waals surface area (Å²) in [6.07, 6.45) is 2.47. The molecule has 6 nitrogen and oxygen atoms in total. The smallest absolute Gasteiger partial charge is 0.317 e. The normalized spacial score (nSPS) is 21.0. The molecule has 0 radical (unpaired) electrons. The van der Waals surface area contributed by atoms with E-state index < -0.39 is 0 Å². The van der Waals surface area contributed by atoms with Crippen LogP contribution in [-0.4, -0.2) is 67.7 Å². The number of amides is 3. The number of hydrogen-bond donors (Lipinski definition) is 1. The maximum absolute atomic E-state index is 12.5. The standard InChI is InChI=1S/C19H27N3O3/c23-18(17-8-14-25-15-17)21-10-4-11-22(13-12-21)19(24)20-9-7-16-5-2-1-3-6-16/h1-3,5-6,17H,4,7-15H2,(H,20,24). The fourth-order valence-electron chi connectivity index (χ4n) is 3.40. The predicted molar refractivity (Wildman–Crippen MR) is 95.2 cm³/mol. The third-order valence-electron chi connectivity index (χ3n) is 4.91. The SMILES string of the molecule is O=C(NCCc1ccccc1)N1CCCN(C(=O)C2CCOC2)CC1. The van der Waals surface area contributed by atoms with E-state index in [9.17, 15) is 9.59 Å². The summed E-state index contributed by atoms with van der Waals surface area (Å²) in [6, 6.07) is 10.1. The maximum atomic E-state index is 12.5. The topological polar surface area (TPSA) is 61.9 Å². The molecule has 0 spiro atoms. The third-order valence-corrected chi connectivity index (χ3v) is 4.91. The predicted octanol–water partition coefficient (Wildman–Crippen LogP) is 1.51. The van der Waals surface area contributed by atoms with Crippen LogP contribution < -0.4 is 5.32 Å². The van der Waals surface area contributed by atoms with Crippen molar-refractivity contribution in [2.24, 2.45) is 5.92 Å². The molecular weight excluding hydrogens is 318 g/mol. The highest BCUT2D eigenvalue weighted by atomic mass is 16.5. The number of carbonyl (C=O) groups excluding carboxylic acids is 2. The van der Waals surface area contributed by atoms with Crippen LogP contribution >= 0.6 is 0 Å². The van der Waals surface area contributed by atoms with Crippen LogP contribution in [0.3, 0.4) is 0 Å². The van der Waals surface area contributed by atoms with Crippen LogP contribution in [0.25, 0.3) is 0 Å². The molecule has 1 aromatic carbocycles. The van der Waals surface area contributed by atoms with Gasteiger partial charge in [0.05, 0.1) is 12.5 Å². The number of nitrogens with zero attached hydrogens (tertiary/aromatic N) is 2. The average molecular weight is 345 g/mol. The fourth-order valence-corrected chi connectivity index (χ4v) is 3.40. The molecule has 2 heterocycles. The molecule has 25 heavy (non-hydrogen) atoms. The average Bonchev–Trinajstić information content (AvgIpc) is 3.06. The van der Waals surface area contributed by atoms with Crippen molar-refractivity contribution >= 4 is 11.9 Å². The van der Waals surface area contributed by atoms with Crippen LogP contribution in [0.15, 0.2) is 30.3 Å². The number of benzene rings is 1. The fraction of sp³-hybridized carbons (Fsp3) is 0.579. The zero-order chi connectivity index (χ0) is 17.5. The van der Waals surface area contributed by atoms with Gasteiger partial charge in [-0.05, 0) is 24.8 Å². The lowest BCUT2D eigenvalue weighted by Gasteiger charge is -2.24. The molecule has 3 rings (SSSR count). The van der Waals surface area contributed by atoms with Gasteiger partial charge in [-0.15, -0.1) is 0 Å². The van der Waals surface area contributed by atoms with Gasteiger partial charge < -0.3 is 19.9 Å². The molecule has 1 aromatic rings. The van der Waals surface area contributed by atoms with Gasteiger partial charge in [0.1, 0.15) is 0 Å². The van der Waals surface area contributed by atoms with Gasteiger partial charge >= 0.3 is 6.03 Å². The zero-order valence-corrected chi connectivity index (χ0v) is 14.7. The van der Waals surface area contributed by atoms with Crippen molar-refractivity contribution in [2.45, 2.75) is 19.3 Å². The number of urea groups is 1. The number of carbonyl (C=O) groups is 2. The van der Waals surface area contributed by atoms with E-state index in [0.29, 0.717) is 39.4 Å². The summed E-state index contributed by atoms with van der Waals surface area (Å²) < 4.78 is 5.32. The quantitative estimate of drug-likeness (QED) is 0.900. The Balaban J connectivity index is 1.42. The lowest BCUT2D eigenvalue weighted by molar-refractivity contribution is -0.135. The van der Waals surface area contributed by atoms with Crippen LogP contribution in [-0.2, 0) is 16.0 Å². The number of ether oxygens (including phenoxy) is 1. The first-order valence-corrected chi connectivity index (χ1v) is 9.17. The second kappa shape index (κ2) is 8.85. The Bertz CT molecular complexity index is 573. The Hall–Kier alpha value is -2.08. The molecule has 136 valence electrons. The molecular formula is C19H27N3O3. The summed E-state index contributed by atoms with van der Waals surface area (Å²) in [7, 11) is 0. The Labute approximate surface area is 149 Å². The van der Waals surface area contributed by atoms with Gasteiger partial charge in [-0.3, -0.25) is 4.79 Å². The van der Waals surface area contributed by atoms with Crippen molar-refractivity contribution in [2.75, 3.05) is 45.9 Å². The van der Waals surface area contributed by atoms with Crippen molar-refractivity contribution in [3.63, 3.8) is 0 Å². The van der Waals surface area contributed by atoms with E-state index in [1.54, 1.807) is 0 Å². The largest absolute Gasteiger partial charge is 0.381 e. The molecule has 0 aromatic heterocycles. The van der Waals surface area contributed by atoms with Crippen molar-refractivity contribution in [1.82, 2.24) is 15.1 Å². The van der Waals surface area contributed by atoms with E-state index in [2.05, 4.69) is 17.4 Å². The van der Waals surface area contributed by atoms with Gasteiger partial charge in [-0.2, -0.15) is 0 Å². The highest BCUT2D eigenvalue weighted by molar-refractivity contribution is 5.79. The highest BCUT2D eigenvalue weighted by Crippen LogP contribution is 2.17. The van der Waals surface area contributed by atoms with Crippen LogP contribution in [0.4, 0.5) is 4.79 Å². The number of hydrogen-bond acceptors (Lipinski definition) is 3. The van der Waals surface area contributed by atoms with Gasteiger partial charge in [0, 0.05) is 39.3 Å². The van der Waals surface area contributed by atoms with Crippen LogP contribution in [0.2, 0.25) is 0 Å². The van der Waals surface area contributed by atoms with E-state index in [0.717, 1.165) is 25.8 Å². The first-order chi connectivity index (χ1) is 12.2. The van der Waals surface area contributed by atoms with Gasteiger partial charge in [0.25, 0.3) is 0 Å². The van der Waals surface area contributed by atoms with E-state index >= 15 is 0 Å². The molecule has 2 fully saturated rings. The Morgan fingerprint density at radius 3 is 2.60 bits per heavy atom. The lowest BCUT2D eigenvalue weighted by atomic mass is 10.1. The monoisotopic (exact) mass is 345 g/mol. The van der Waals surface area contributed by atoms with Crippen molar-refractivity contribution < 1.29 is 14.3 Å². The minimum Gasteiger partial charge on any atom is -0.381 e. The third kappa shape index (κ3) is 4.95. The summed E-state index contributed by atoms with van der Waals surface area (Å²) >= 11 is 0. The van der Waals surface area contributed by atoms with Crippen molar-refractivity contribution in [3.8, 4) is 0 Å². The van der Waals surface area contributed by atoms with Gasteiger partial charge in [0.15, 0.2) is 0 Å². The molecule has 1 unspecified atom stereocenters. The maximum Gasteiger partial charge on any atom is 0.317 e. The zero-order valence-electron chi connectivity index (χ0n) is 14.7. The van der Waals surface area contributed by atoms with Gasteiger partial charge in [0.2, 0.25) is 5.91 Å². The number of nitrogens with one attached hydrogen (secondary N) is 1. The molecule has 0 aliphatic carbocycles. The van der Waals surface area contributed by atoms with Crippen LogP contribution in [0, 0.1) is 5.92 Å². The minimum atomic E-state index is -0.0329. The first kappa shape index (κ1) is 17.7. The summed E-state index contributed by atoms with van der Waals surface area (Å²) in [5.41, 5.74) is 1.22. The summed E-state index contributed by atoms with van der Waals surface area (Å²) in [6.45, 7) is 4.48. The van der Waals surface area contributed by atoms with E-state index in [-0.39, 0.29) is 17.9 Å². The summed E-state index contributed by atoms with van der Waals surface area (Å²) in [5.74, 6) is 0.190. The molecule has 2 aliphatic rings. The Kier molecular flexibility index (Phi) is 6.28. The minimum absolute atomic E-state index is 0.00579. The van der Waals surface area contributed by atoms with Crippen LogP contribution in [0.1, 0.15) is 18.4 Å². The first-order valence-electron chi connectivity index (χ1n) is 9.17. The molecule has 2 aliphatic heterocycles. The number of rotatable bonds is 4. The highest BCUT2D eigenvalue weighted by Gasteiger charge is 2.29. The summed E-state index contributed by atoms with van der Waals surface area (Å²) in [4.78, 5) is 28.6. The van der Waals surface area contributed by atoms with Crippen molar-refractivity contribution in [3.05, 3.63) is 35.9 Å².